The van der Waals surface area contributed by atoms with Gasteiger partial charge in [0.1, 0.15) is 0 Å². The third-order valence-electron chi connectivity index (χ3n) is 2.85. The number of amides is 1. The van der Waals surface area contributed by atoms with Gasteiger partial charge in [-0.1, -0.05) is 12.1 Å². The molecule has 114 valence electrons. The highest BCUT2D eigenvalue weighted by atomic mass is 19.2. The molecule has 0 spiro atoms. The van der Waals surface area contributed by atoms with Crippen LogP contribution in [0.4, 0.5) is 24.5 Å². The fraction of sp³-hybridized carbons (Fsp3) is 0.0714. The molecule has 5 nitrogen and oxygen atoms in total. The molecule has 1 N–H and O–H groups in total. The first kappa shape index (κ1) is 15.5. The molecule has 2 aromatic carbocycles. The molecule has 0 unspecified atom stereocenters. The predicted molar refractivity (Wildman–Crippen MR) is 72.1 cm³/mol. The summed E-state index contributed by atoms with van der Waals surface area (Å²) < 4.78 is 40.2. The molecule has 22 heavy (non-hydrogen) atoms. The lowest BCUT2D eigenvalue weighted by atomic mass is 10.1. The van der Waals surface area contributed by atoms with E-state index >= 15 is 0 Å². The van der Waals surface area contributed by atoms with Crippen molar-refractivity contribution >= 4 is 17.3 Å². The first-order valence-corrected chi connectivity index (χ1v) is 6.01. The molecule has 0 saturated heterocycles. The van der Waals surface area contributed by atoms with E-state index in [1.165, 1.54) is 6.07 Å². The average Bonchev–Trinajstić information content (AvgIpc) is 2.44. The Balaban J connectivity index is 2.43. The molecule has 0 atom stereocenters. The Hall–Kier alpha value is -2.90. The molecule has 0 radical (unpaired) electrons. The van der Waals surface area contributed by atoms with Gasteiger partial charge in [-0.05, 0) is 24.6 Å². The number of hydrogen-bond donors (Lipinski definition) is 1. The highest BCUT2D eigenvalue weighted by Gasteiger charge is 2.28. The second-order valence-electron chi connectivity index (χ2n) is 4.47. The van der Waals surface area contributed by atoms with Crippen LogP contribution in [-0.2, 0) is 0 Å². The number of rotatable bonds is 3. The van der Waals surface area contributed by atoms with E-state index in [1.54, 1.807) is 25.1 Å². The van der Waals surface area contributed by atoms with Crippen molar-refractivity contribution in [1.29, 1.82) is 0 Å². The van der Waals surface area contributed by atoms with Gasteiger partial charge in [0.05, 0.1) is 10.5 Å². The van der Waals surface area contributed by atoms with Crippen molar-refractivity contribution < 1.29 is 22.9 Å². The lowest BCUT2D eigenvalue weighted by Gasteiger charge is -2.08. The number of nitro benzene ring substituents is 1. The maximum Gasteiger partial charge on any atom is 0.308 e. The van der Waals surface area contributed by atoms with Crippen LogP contribution >= 0.6 is 0 Å². The van der Waals surface area contributed by atoms with Gasteiger partial charge in [-0.15, -0.1) is 0 Å². The Labute approximate surface area is 122 Å². The van der Waals surface area contributed by atoms with Gasteiger partial charge in [-0.3, -0.25) is 14.9 Å². The number of benzene rings is 2. The molecule has 0 aliphatic carbocycles. The van der Waals surface area contributed by atoms with E-state index in [2.05, 4.69) is 5.32 Å². The van der Waals surface area contributed by atoms with Crippen LogP contribution in [0.3, 0.4) is 0 Å². The topological polar surface area (TPSA) is 72.2 Å². The molecule has 2 aromatic rings. The summed E-state index contributed by atoms with van der Waals surface area (Å²) in [5.41, 5.74) is -1.17. The van der Waals surface area contributed by atoms with Crippen LogP contribution < -0.4 is 5.32 Å². The first-order chi connectivity index (χ1) is 10.3. The van der Waals surface area contributed by atoms with E-state index in [0.29, 0.717) is 6.07 Å². The second kappa shape index (κ2) is 5.84. The molecule has 0 saturated carbocycles. The van der Waals surface area contributed by atoms with Crippen molar-refractivity contribution in [2.75, 3.05) is 5.32 Å². The van der Waals surface area contributed by atoms with Crippen molar-refractivity contribution in [1.82, 2.24) is 0 Å². The number of hydrogen-bond acceptors (Lipinski definition) is 3. The molecular formula is C14H9F3N2O3. The first-order valence-electron chi connectivity index (χ1n) is 6.01. The van der Waals surface area contributed by atoms with E-state index in [1.807, 2.05) is 0 Å². The molecule has 1 amide bonds. The highest BCUT2D eigenvalue weighted by molar-refractivity contribution is 6.04. The number of carbonyl (C=O) groups excluding carboxylic acids is 1. The summed E-state index contributed by atoms with van der Waals surface area (Å²) in [5, 5.41) is 12.9. The van der Waals surface area contributed by atoms with Crippen molar-refractivity contribution in [2.24, 2.45) is 0 Å². The molecule has 0 aliphatic heterocycles. The predicted octanol–water partition coefficient (Wildman–Crippen LogP) is 3.57. The highest BCUT2D eigenvalue weighted by Crippen LogP contribution is 2.26. The maximum absolute atomic E-state index is 13.6. The van der Waals surface area contributed by atoms with Gasteiger partial charge in [0.25, 0.3) is 5.91 Å². The Morgan fingerprint density at radius 1 is 1.14 bits per heavy atom. The second-order valence-corrected chi connectivity index (χ2v) is 4.47. The van der Waals surface area contributed by atoms with Gasteiger partial charge < -0.3 is 5.32 Å². The maximum atomic E-state index is 13.6. The minimum Gasteiger partial charge on any atom is -0.322 e. The molecule has 0 bridgehead atoms. The summed E-state index contributed by atoms with van der Waals surface area (Å²) in [6.07, 6.45) is 0. The molecule has 0 heterocycles. The van der Waals surface area contributed by atoms with Gasteiger partial charge >= 0.3 is 5.69 Å². The van der Waals surface area contributed by atoms with E-state index in [0.717, 1.165) is 5.56 Å². The van der Waals surface area contributed by atoms with Crippen molar-refractivity contribution in [2.45, 2.75) is 6.92 Å². The minimum absolute atomic E-state index is 0.289. The molecule has 0 fully saturated rings. The van der Waals surface area contributed by atoms with Crippen molar-refractivity contribution in [3.63, 3.8) is 0 Å². The average molecular weight is 310 g/mol. The van der Waals surface area contributed by atoms with Crippen molar-refractivity contribution in [3.05, 3.63) is 69.0 Å². The van der Waals surface area contributed by atoms with E-state index in [4.69, 9.17) is 0 Å². The quantitative estimate of drug-likeness (QED) is 0.535. The van der Waals surface area contributed by atoms with Gasteiger partial charge in [0.2, 0.25) is 11.6 Å². The molecular weight excluding hydrogens is 301 g/mol. The number of nitro groups is 1. The Bertz CT molecular complexity index is 778. The van der Waals surface area contributed by atoms with Crippen LogP contribution in [0, 0.1) is 34.5 Å². The Morgan fingerprint density at radius 2 is 1.82 bits per heavy atom. The minimum atomic E-state index is -2.07. The van der Waals surface area contributed by atoms with Gasteiger partial charge in [0, 0.05) is 11.8 Å². The molecule has 0 aliphatic rings. The summed E-state index contributed by atoms with van der Waals surface area (Å²) in [6, 6.07) is 6.79. The van der Waals surface area contributed by atoms with Crippen LogP contribution in [0.1, 0.15) is 15.9 Å². The van der Waals surface area contributed by atoms with Crippen LogP contribution in [0.15, 0.2) is 30.3 Å². The summed E-state index contributed by atoms with van der Waals surface area (Å²) in [6.45, 7) is 1.75. The third-order valence-corrected chi connectivity index (χ3v) is 2.85. The molecule has 0 aromatic heterocycles. The van der Waals surface area contributed by atoms with Crippen LogP contribution in [0.5, 0.6) is 0 Å². The smallest absolute Gasteiger partial charge is 0.308 e. The zero-order chi connectivity index (χ0) is 16.4. The fourth-order valence-electron chi connectivity index (χ4n) is 1.81. The number of nitrogens with zero attached hydrogens (tertiary/aromatic N) is 1. The molecule has 8 heteroatoms. The van der Waals surface area contributed by atoms with E-state index in [-0.39, 0.29) is 5.69 Å². The zero-order valence-corrected chi connectivity index (χ0v) is 11.2. The lowest BCUT2D eigenvalue weighted by Crippen LogP contribution is -2.16. The number of carbonyl (C=O) groups is 1. The number of aryl methyl sites for hydroxylation is 1. The van der Waals surface area contributed by atoms with Gasteiger partial charge in [-0.2, -0.15) is 4.39 Å². The van der Waals surface area contributed by atoms with Crippen LogP contribution in [0.25, 0.3) is 0 Å². The van der Waals surface area contributed by atoms with Gasteiger partial charge in [-0.25, -0.2) is 8.78 Å². The third kappa shape index (κ3) is 2.90. The number of nitrogens with one attached hydrogen (secondary N) is 1. The monoisotopic (exact) mass is 310 g/mol. The summed E-state index contributed by atoms with van der Waals surface area (Å²) >= 11 is 0. The van der Waals surface area contributed by atoms with Gasteiger partial charge in [0.15, 0.2) is 5.82 Å². The summed E-state index contributed by atoms with van der Waals surface area (Å²) in [7, 11) is 0. The van der Waals surface area contributed by atoms with E-state index < -0.39 is 39.5 Å². The summed E-state index contributed by atoms with van der Waals surface area (Å²) in [4.78, 5) is 21.3. The largest absolute Gasteiger partial charge is 0.322 e. The zero-order valence-electron chi connectivity index (χ0n) is 11.2. The lowest BCUT2D eigenvalue weighted by molar-refractivity contribution is -0.387. The SMILES string of the molecule is Cc1cccc(NC(=O)c2cc([N+](=O)[O-])c(F)c(F)c2F)c1. The Morgan fingerprint density at radius 3 is 2.41 bits per heavy atom. The summed E-state index contributed by atoms with van der Waals surface area (Å²) in [5.74, 6) is -6.92. The van der Waals surface area contributed by atoms with Crippen molar-refractivity contribution in [3.8, 4) is 0 Å². The fourth-order valence-corrected chi connectivity index (χ4v) is 1.81. The normalized spacial score (nSPS) is 10.4. The standard InChI is InChI=1S/C14H9F3N2O3/c1-7-3-2-4-8(5-7)18-14(20)9-6-10(19(21)22)12(16)13(17)11(9)15/h2-6H,1H3,(H,18,20). The van der Waals surface area contributed by atoms with Crippen LogP contribution in [0.2, 0.25) is 0 Å². The number of anilines is 1. The molecule has 2 rings (SSSR count). The number of halogens is 3. The van der Waals surface area contributed by atoms with E-state index in [9.17, 15) is 28.1 Å². The Kier molecular flexibility index (Phi) is 4.11. The van der Waals surface area contributed by atoms with Crippen LogP contribution in [-0.4, -0.2) is 10.8 Å².